The summed E-state index contributed by atoms with van der Waals surface area (Å²) in [5.74, 6) is -1.07. The fourth-order valence-electron chi connectivity index (χ4n) is 0.439. The van der Waals surface area contributed by atoms with Gasteiger partial charge in [0, 0.05) is 6.61 Å². The van der Waals surface area contributed by atoms with Crippen LogP contribution in [0.15, 0.2) is 0 Å². The molecule has 1 unspecified atom stereocenters. The number of hydrogen-bond donors (Lipinski definition) is 2. The van der Waals surface area contributed by atoms with Crippen molar-refractivity contribution in [1.29, 1.82) is 0 Å². The molecular weight excluding hydrogens is 132 g/mol. The van der Waals surface area contributed by atoms with Gasteiger partial charge in [0.2, 0.25) is 0 Å². The standard InChI is InChI=1S/C7H14O3/c1-5(4-8)7(2,3)6(9)10/h5,8H,4H2,1-3H3,(H,9,10). The molecular formula is C7H14O3. The first kappa shape index (κ1) is 9.43. The van der Waals surface area contributed by atoms with Crippen molar-refractivity contribution in [3.8, 4) is 0 Å². The van der Waals surface area contributed by atoms with Crippen LogP contribution in [0.3, 0.4) is 0 Å². The molecule has 60 valence electrons. The molecule has 0 amide bonds. The molecule has 0 saturated heterocycles. The second-order valence-corrected chi connectivity index (χ2v) is 3.11. The lowest BCUT2D eigenvalue weighted by Gasteiger charge is -2.24. The van der Waals surface area contributed by atoms with Crippen LogP contribution in [0.1, 0.15) is 20.8 Å². The summed E-state index contributed by atoms with van der Waals surface area (Å²) in [6.07, 6.45) is 0. The monoisotopic (exact) mass is 146 g/mol. The number of aliphatic hydroxyl groups excluding tert-OH is 1. The Morgan fingerprint density at radius 2 is 2.00 bits per heavy atom. The summed E-state index contributed by atoms with van der Waals surface area (Å²) in [7, 11) is 0. The summed E-state index contributed by atoms with van der Waals surface area (Å²) in [6, 6.07) is 0. The normalized spacial score (nSPS) is 14.8. The van der Waals surface area contributed by atoms with Crippen LogP contribution in [0, 0.1) is 11.3 Å². The van der Waals surface area contributed by atoms with Crippen LogP contribution in [0.4, 0.5) is 0 Å². The predicted octanol–water partition coefficient (Wildman–Crippen LogP) is 0.726. The van der Waals surface area contributed by atoms with Crippen LogP contribution >= 0.6 is 0 Å². The molecule has 0 fully saturated rings. The molecule has 0 aromatic heterocycles. The maximum Gasteiger partial charge on any atom is 0.309 e. The number of aliphatic hydroxyl groups is 1. The average Bonchev–Trinajstić information content (AvgIpc) is 1.86. The van der Waals surface area contributed by atoms with Crippen LogP contribution in [0.5, 0.6) is 0 Å². The van der Waals surface area contributed by atoms with E-state index in [1.165, 1.54) is 0 Å². The van der Waals surface area contributed by atoms with E-state index >= 15 is 0 Å². The van der Waals surface area contributed by atoms with E-state index in [1.807, 2.05) is 0 Å². The van der Waals surface area contributed by atoms with Gasteiger partial charge in [0.1, 0.15) is 0 Å². The van der Waals surface area contributed by atoms with Crippen LogP contribution < -0.4 is 0 Å². The summed E-state index contributed by atoms with van der Waals surface area (Å²) >= 11 is 0. The zero-order chi connectivity index (χ0) is 8.36. The lowest BCUT2D eigenvalue weighted by molar-refractivity contribution is -0.150. The summed E-state index contributed by atoms with van der Waals surface area (Å²) in [5.41, 5.74) is -0.825. The highest BCUT2D eigenvalue weighted by atomic mass is 16.4. The minimum Gasteiger partial charge on any atom is -0.481 e. The predicted molar refractivity (Wildman–Crippen MR) is 37.7 cm³/mol. The van der Waals surface area contributed by atoms with Gasteiger partial charge in [-0.15, -0.1) is 0 Å². The molecule has 0 heterocycles. The van der Waals surface area contributed by atoms with E-state index in [4.69, 9.17) is 10.2 Å². The van der Waals surface area contributed by atoms with E-state index in [0.29, 0.717) is 0 Å². The smallest absolute Gasteiger partial charge is 0.309 e. The van der Waals surface area contributed by atoms with Crippen LogP contribution in [-0.4, -0.2) is 22.8 Å². The van der Waals surface area contributed by atoms with E-state index in [2.05, 4.69) is 0 Å². The van der Waals surface area contributed by atoms with Crippen molar-refractivity contribution in [2.75, 3.05) is 6.61 Å². The summed E-state index contributed by atoms with van der Waals surface area (Å²) < 4.78 is 0. The highest BCUT2D eigenvalue weighted by Crippen LogP contribution is 2.25. The molecule has 0 aliphatic carbocycles. The van der Waals surface area contributed by atoms with E-state index < -0.39 is 11.4 Å². The van der Waals surface area contributed by atoms with Crippen LogP contribution in [-0.2, 0) is 4.79 Å². The van der Waals surface area contributed by atoms with E-state index in [0.717, 1.165) is 0 Å². The highest BCUT2D eigenvalue weighted by molar-refractivity contribution is 5.73. The van der Waals surface area contributed by atoms with Gasteiger partial charge in [0.15, 0.2) is 0 Å². The first-order valence-corrected chi connectivity index (χ1v) is 3.27. The Kier molecular flexibility index (Phi) is 2.84. The largest absolute Gasteiger partial charge is 0.481 e. The maximum absolute atomic E-state index is 10.5. The van der Waals surface area contributed by atoms with Crippen LogP contribution in [0.2, 0.25) is 0 Å². The van der Waals surface area contributed by atoms with Crippen molar-refractivity contribution in [2.45, 2.75) is 20.8 Å². The molecule has 2 N–H and O–H groups in total. The Morgan fingerprint density at radius 3 is 2.10 bits per heavy atom. The molecule has 0 aliphatic rings. The van der Waals surface area contributed by atoms with E-state index in [9.17, 15) is 4.79 Å². The second-order valence-electron chi connectivity index (χ2n) is 3.11. The highest BCUT2D eigenvalue weighted by Gasteiger charge is 2.32. The van der Waals surface area contributed by atoms with Gasteiger partial charge in [0.05, 0.1) is 5.41 Å². The van der Waals surface area contributed by atoms with Gasteiger partial charge in [-0.1, -0.05) is 6.92 Å². The molecule has 0 spiro atoms. The molecule has 0 aromatic rings. The summed E-state index contributed by atoms with van der Waals surface area (Å²) in [5, 5.41) is 17.3. The Hall–Kier alpha value is -0.570. The Morgan fingerprint density at radius 1 is 1.60 bits per heavy atom. The van der Waals surface area contributed by atoms with Crippen molar-refractivity contribution in [3.05, 3.63) is 0 Å². The third-order valence-corrected chi connectivity index (χ3v) is 2.06. The lowest BCUT2D eigenvalue weighted by Crippen LogP contribution is -2.33. The fraction of sp³-hybridized carbons (Fsp3) is 0.857. The van der Waals surface area contributed by atoms with Gasteiger partial charge in [-0.2, -0.15) is 0 Å². The first-order chi connectivity index (χ1) is 4.42. The molecule has 10 heavy (non-hydrogen) atoms. The molecule has 0 radical (unpaired) electrons. The minimum absolute atomic E-state index is 0.0840. The number of rotatable bonds is 3. The zero-order valence-corrected chi connectivity index (χ0v) is 6.59. The Bertz CT molecular complexity index is 129. The molecule has 0 rings (SSSR count). The molecule has 0 bridgehead atoms. The molecule has 0 saturated carbocycles. The van der Waals surface area contributed by atoms with Crippen molar-refractivity contribution in [1.82, 2.24) is 0 Å². The van der Waals surface area contributed by atoms with Crippen molar-refractivity contribution in [2.24, 2.45) is 11.3 Å². The van der Waals surface area contributed by atoms with Crippen molar-refractivity contribution < 1.29 is 15.0 Å². The van der Waals surface area contributed by atoms with Crippen molar-refractivity contribution in [3.63, 3.8) is 0 Å². The van der Waals surface area contributed by atoms with Gasteiger partial charge in [-0.25, -0.2) is 0 Å². The SMILES string of the molecule is CC(CO)C(C)(C)C(=O)O. The first-order valence-electron chi connectivity index (χ1n) is 3.27. The fourth-order valence-corrected chi connectivity index (χ4v) is 0.439. The van der Waals surface area contributed by atoms with Crippen LogP contribution in [0.25, 0.3) is 0 Å². The number of carbonyl (C=O) groups is 1. The van der Waals surface area contributed by atoms with Gasteiger partial charge in [0.25, 0.3) is 0 Å². The Balaban J connectivity index is 4.23. The third kappa shape index (κ3) is 1.70. The molecule has 0 aliphatic heterocycles. The minimum atomic E-state index is -0.867. The number of carboxylic acids is 1. The van der Waals surface area contributed by atoms with Gasteiger partial charge < -0.3 is 10.2 Å². The molecule has 3 heteroatoms. The molecule has 0 aromatic carbocycles. The van der Waals surface area contributed by atoms with Gasteiger partial charge in [-0.05, 0) is 19.8 Å². The van der Waals surface area contributed by atoms with E-state index in [1.54, 1.807) is 20.8 Å². The third-order valence-electron chi connectivity index (χ3n) is 2.06. The maximum atomic E-state index is 10.5. The molecule has 3 nitrogen and oxygen atoms in total. The van der Waals surface area contributed by atoms with E-state index in [-0.39, 0.29) is 12.5 Å². The van der Waals surface area contributed by atoms with Crippen molar-refractivity contribution >= 4 is 5.97 Å². The molecule has 1 atom stereocenters. The van der Waals surface area contributed by atoms with Gasteiger partial charge in [-0.3, -0.25) is 4.79 Å². The second kappa shape index (κ2) is 3.01. The quantitative estimate of drug-likeness (QED) is 0.617. The summed E-state index contributed by atoms with van der Waals surface area (Å²) in [6.45, 7) is 4.85. The average molecular weight is 146 g/mol. The summed E-state index contributed by atoms with van der Waals surface area (Å²) in [4.78, 5) is 10.5. The number of carboxylic acid groups (broad SMARTS) is 1. The Labute approximate surface area is 60.7 Å². The lowest BCUT2D eigenvalue weighted by atomic mass is 9.81. The zero-order valence-electron chi connectivity index (χ0n) is 6.59. The number of aliphatic carboxylic acids is 1. The van der Waals surface area contributed by atoms with Gasteiger partial charge >= 0.3 is 5.97 Å². The topological polar surface area (TPSA) is 57.5 Å². The number of hydrogen-bond acceptors (Lipinski definition) is 2.